The summed E-state index contributed by atoms with van der Waals surface area (Å²) < 4.78 is 0. The number of hydrogen-bond acceptors (Lipinski definition) is 2. The zero-order chi connectivity index (χ0) is 17.4. The van der Waals surface area contributed by atoms with Crippen LogP contribution in [0.3, 0.4) is 0 Å². The Hall–Kier alpha value is -1.70. The molecule has 0 spiro atoms. The van der Waals surface area contributed by atoms with Crippen LogP contribution in [0.5, 0.6) is 0 Å². The van der Waals surface area contributed by atoms with Gasteiger partial charge in [-0.25, -0.2) is 0 Å². The summed E-state index contributed by atoms with van der Waals surface area (Å²) in [6, 6.07) is 8.16. The molecule has 0 aliphatic rings. The van der Waals surface area contributed by atoms with E-state index in [1.54, 1.807) is 6.20 Å². The van der Waals surface area contributed by atoms with Crippen LogP contribution in [0, 0.1) is 0 Å². The molecule has 0 saturated carbocycles. The highest BCUT2D eigenvalue weighted by Gasteiger charge is 1.94. The Bertz CT molecular complexity index is 379. The van der Waals surface area contributed by atoms with Crippen molar-refractivity contribution in [2.75, 3.05) is 0 Å². The lowest BCUT2D eigenvalue weighted by atomic mass is 10.1. The Morgan fingerprint density at radius 1 is 0.652 bits per heavy atom. The van der Waals surface area contributed by atoms with Crippen molar-refractivity contribution in [3.05, 3.63) is 60.2 Å². The van der Waals surface area contributed by atoms with Gasteiger partial charge in [0.05, 0.1) is 0 Å². The fourth-order valence-electron chi connectivity index (χ4n) is 1.47. The first-order valence-corrected chi connectivity index (χ1v) is 8.41. The minimum absolute atomic E-state index is 0. The number of rotatable bonds is 2. The van der Waals surface area contributed by atoms with Crippen molar-refractivity contribution < 1.29 is 0 Å². The molecule has 0 aliphatic heterocycles. The van der Waals surface area contributed by atoms with Crippen molar-refractivity contribution in [1.29, 1.82) is 0 Å². The van der Waals surface area contributed by atoms with Crippen LogP contribution in [0.1, 0.15) is 85.8 Å². The van der Waals surface area contributed by atoms with Gasteiger partial charge in [0.1, 0.15) is 0 Å². The lowest BCUT2D eigenvalue weighted by Gasteiger charge is -2.01. The van der Waals surface area contributed by atoms with Crippen LogP contribution in [-0.4, -0.2) is 9.97 Å². The molecule has 2 heteroatoms. The third-order valence-electron chi connectivity index (χ3n) is 2.72. The summed E-state index contributed by atoms with van der Waals surface area (Å²) in [6.45, 7) is 16.7. The summed E-state index contributed by atoms with van der Waals surface area (Å²) in [7, 11) is 0. The van der Waals surface area contributed by atoms with Gasteiger partial charge in [-0.3, -0.25) is 9.97 Å². The molecular weight excluding hydrogens is 280 g/mol. The molecule has 2 nitrogen and oxygen atoms in total. The molecule has 0 N–H and O–H groups in total. The van der Waals surface area contributed by atoms with Crippen molar-refractivity contribution in [2.24, 2.45) is 0 Å². The molecule has 0 bridgehead atoms. The van der Waals surface area contributed by atoms with E-state index in [2.05, 4.69) is 43.7 Å². The average Bonchev–Trinajstić information content (AvgIpc) is 2.60. The summed E-state index contributed by atoms with van der Waals surface area (Å²) in [5.41, 5.74) is 2.66. The van der Waals surface area contributed by atoms with Gasteiger partial charge in [0, 0.05) is 24.8 Å². The second-order valence-electron chi connectivity index (χ2n) is 4.88. The minimum Gasteiger partial charge on any atom is -0.265 e. The molecule has 0 radical (unpaired) electrons. The first kappa shape index (κ1) is 26.2. The first-order chi connectivity index (χ1) is 10.6. The highest BCUT2D eigenvalue weighted by Crippen LogP contribution is 2.11. The van der Waals surface area contributed by atoms with Crippen LogP contribution in [0.15, 0.2) is 49.1 Å². The molecule has 2 rings (SSSR count). The zero-order valence-electron chi connectivity index (χ0n) is 15.7. The topological polar surface area (TPSA) is 25.8 Å². The Labute approximate surface area is 145 Å². The van der Waals surface area contributed by atoms with E-state index in [-0.39, 0.29) is 7.43 Å². The summed E-state index contributed by atoms with van der Waals surface area (Å²) in [4.78, 5) is 7.93. The minimum atomic E-state index is 0. The van der Waals surface area contributed by atoms with E-state index in [4.69, 9.17) is 0 Å². The molecule has 23 heavy (non-hydrogen) atoms. The Kier molecular flexibility index (Phi) is 20.9. The maximum absolute atomic E-state index is 4.01. The summed E-state index contributed by atoms with van der Waals surface area (Å²) >= 11 is 0. The standard InChI is InChI=1S/2C8H11N.2C2H6.CH4/c1-7(2)8-3-5-9-6-4-8;1-7(2)8-4-3-5-9-6-8;2*1-2;/h2*3-7H,1-2H3;2*1-2H3;1H4. The van der Waals surface area contributed by atoms with Gasteiger partial charge in [-0.15, -0.1) is 0 Å². The fraction of sp³-hybridized carbons (Fsp3) is 0.524. The molecule has 2 heterocycles. The van der Waals surface area contributed by atoms with Crippen LogP contribution in [0.4, 0.5) is 0 Å². The van der Waals surface area contributed by atoms with Crippen LogP contribution in [-0.2, 0) is 0 Å². The smallest absolute Gasteiger partial charge is 0.0302 e. The molecule has 0 atom stereocenters. The van der Waals surface area contributed by atoms with E-state index in [0.29, 0.717) is 11.8 Å². The molecular formula is C21H38N2. The fourth-order valence-corrected chi connectivity index (χ4v) is 1.47. The van der Waals surface area contributed by atoms with Crippen molar-refractivity contribution in [2.45, 2.75) is 74.7 Å². The van der Waals surface area contributed by atoms with Crippen LogP contribution in [0.25, 0.3) is 0 Å². The van der Waals surface area contributed by atoms with Crippen molar-refractivity contribution >= 4 is 0 Å². The second kappa shape index (κ2) is 18.3. The quantitative estimate of drug-likeness (QED) is 0.590. The van der Waals surface area contributed by atoms with E-state index >= 15 is 0 Å². The molecule has 0 aliphatic carbocycles. The van der Waals surface area contributed by atoms with Gasteiger partial charge >= 0.3 is 0 Å². The third kappa shape index (κ3) is 13.7. The van der Waals surface area contributed by atoms with Gasteiger partial charge in [0.2, 0.25) is 0 Å². The van der Waals surface area contributed by atoms with Crippen LogP contribution >= 0.6 is 0 Å². The average molecular weight is 319 g/mol. The lowest BCUT2D eigenvalue weighted by Crippen LogP contribution is -1.85. The van der Waals surface area contributed by atoms with E-state index < -0.39 is 0 Å². The molecule has 2 aromatic heterocycles. The normalized spacial score (nSPS) is 8.43. The zero-order valence-corrected chi connectivity index (χ0v) is 15.7. The van der Waals surface area contributed by atoms with Gasteiger partial charge in [0.15, 0.2) is 0 Å². The number of hydrogen-bond donors (Lipinski definition) is 0. The first-order valence-electron chi connectivity index (χ1n) is 8.41. The van der Waals surface area contributed by atoms with Crippen molar-refractivity contribution in [3.8, 4) is 0 Å². The molecule has 0 saturated heterocycles. The molecule has 0 fully saturated rings. The van der Waals surface area contributed by atoms with Crippen molar-refractivity contribution in [1.82, 2.24) is 9.97 Å². The van der Waals surface area contributed by atoms with Gasteiger partial charge in [0.25, 0.3) is 0 Å². The predicted molar refractivity (Wildman–Crippen MR) is 106 cm³/mol. The highest BCUT2D eigenvalue weighted by molar-refractivity contribution is 5.13. The molecule has 132 valence electrons. The highest BCUT2D eigenvalue weighted by atomic mass is 14.6. The predicted octanol–water partition coefficient (Wildman–Crippen LogP) is 7.10. The van der Waals surface area contributed by atoms with Gasteiger partial charge in [-0.05, 0) is 41.2 Å². The largest absolute Gasteiger partial charge is 0.265 e. The van der Waals surface area contributed by atoms with E-state index in [1.165, 1.54) is 11.1 Å². The number of nitrogens with zero attached hydrogens (tertiary/aromatic N) is 2. The summed E-state index contributed by atoms with van der Waals surface area (Å²) in [5, 5.41) is 0. The Balaban J connectivity index is -0.000000276. The van der Waals surface area contributed by atoms with Crippen molar-refractivity contribution in [3.63, 3.8) is 0 Å². The molecule has 0 aromatic carbocycles. The van der Waals surface area contributed by atoms with Gasteiger partial charge in [-0.2, -0.15) is 0 Å². The summed E-state index contributed by atoms with van der Waals surface area (Å²) in [6.07, 6.45) is 7.36. The second-order valence-corrected chi connectivity index (χ2v) is 4.88. The van der Waals surface area contributed by atoms with Gasteiger partial charge in [-0.1, -0.05) is 68.9 Å². The number of aromatic nitrogens is 2. The van der Waals surface area contributed by atoms with Crippen LogP contribution in [0.2, 0.25) is 0 Å². The van der Waals surface area contributed by atoms with E-state index in [9.17, 15) is 0 Å². The SMILES string of the molecule is C.CC.CC.CC(C)c1cccnc1.CC(C)c1ccncc1. The van der Waals surface area contributed by atoms with E-state index in [0.717, 1.165) is 0 Å². The third-order valence-corrected chi connectivity index (χ3v) is 2.72. The van der Waals surface area contributed by atoms with E-state index in [1.807, 2.05) is 64.5 Å². The van der Waals surface area contributed by atoms with Crippen LogP contribution < -0.4 is 0 Å². The molecule has 2 aromatic rings. The van der Waals surface area contributed by atoms with Gasteiger partial charge < -0.3 is 0 Å². The number of pyridine rings is 2. The summed E-state index contributed by atoms with van der Waals surface area (Å²) in [5.74, 6) is 1.21. The molecule has 0 unspecified atom stereocenters. The maximum atomic E-state index is 4.01. The molecule has 0 amide bonds. The Morgan fingerprint density at radius 3 is 1.39 bits per heavy atom. The Morgan fingerprint density at radius 2 is 1.13 bits per heavy atom. The maximum Gasteiger partial charge on any atom is 0.0302 e. The monoisotopic (exact) mass is 318 g/mol. The lowest BCUT2D eigenvalue weighted by molar-refractivity contribution is 0.858.